The molecule has 0 unspecified atom stereocenters. The van der Waals surface area contributed by atoms with Crippen LogP contribution in [-0.4, -0.2) is 29.0 Å². The molecule has 0 saturated heterocycles. The number of methoxy groups -OCH3 is 1. The average molecular weight is 421 g/mol. The largest absolute Gasteiger partial charge is 0.497 e. The van der Waals surface area contributed by atoms with Gasteiger partial charge in [0.2, 0.25) is 5.91 Å². The van der Waals surface area contributed by atoms with Gasteiger partial charge in [0.15, 0.2) is 6.61 Å². The maximum absolute atomic E-state index is 12.2. The number of fused-ring (bicyclic) bond motifs is 1. The summed E-state index contributed by atoms with van der Waals surface area (Å²) >= 11 is 1.17. The molecule has 0 aliphatic heterocycles. The Hall–Kier alpha value is -3.52. The lowest BCUT2D eigenvalue weighted by atomic mass is 10.1. The van der Waals surface area contributed by atoms with Crippen molar-refractivity contribution in [3.8, 4) is 11.5 Å². The molecule has 152 valence electrons. The molecule has 1 amide bonds. The summed E-state index contributed by atoms with van der Waals surface area (Å²) in [6.07, 6.45) is 0. The Bertz CT molecular complexity index is 1140. The first-order valence-corrected chi connectivity index (χ1v) is 10.2. The molecule has 4 rings (SSSR count). The van der Waals surface area contributed by atoms with Gasteiger partial charge in [-0.1, -0.05) is 42.1 Å². The Balaban J connectivity index is 1.26. The maximum atomic E-state index is 12.2. The first-order valence-electron chi connectivity index (χ1n) is 9.20. The first kappa shape index (κ1) is 19.8. The van der Waals surface area contributed by atoms with Gasteiger partial charge in [-0.05, 0) is 47.2 Å². The number of nitrogens with one attached hydrogen (secondary N) is 1. The third-order valence-corrected chi connectivity index (χ3v) is 5.05. The molecule has 0 radical (unpaired) electrons. The summed E-state index contributed by atoms with van der Waals surface area (Å²) in [6.45, 7) is 0.142. The summed E-state index contributed by atoms with van der Waals surface area (Å²) in [5.41, 5.74) is 0.749. The van der Waals surface area contributed by atoms with Gasteiger partial charge in [0.1, 0.15) is 11.5 Å². The number of rotatable bonds is 8. The Morgan fingerprint density at radius 3 is 2.57 bits per heavy atom. The van der Waals surface area contributed by atoms with Crippen molar-refractivity contribution in [3.05, 3.63) is 72.6 Å². The average Bonchev–Trinajstić information content (AvgIpc) is 3.24. The van der Waals surface area contributed by atoms with Crippen LogP contribution in [0.2, 0.25) is 0 Å². The number of hydrogen-bond acceptors (Lipinski definition) is 7. The smallest absolute Gasteiger partial charge is 0.277 e. The van der Waals surface area contributed by atoms with Crippen LogP contribution in [0.3, 0.4) is 0 Å². The van der Waals surface area contributed by atoms with Gasteiger partial charge in [-0.3, -0.25) is 4.79 Å². The third kappa shape index (κ3) is 5.09. The van der Waals surface area contributed by atoms with E-state index in [2.05, 4.69) is 15.5 Å². The highest BCUT2D eigenvalue weighted by Gasteiger charge is 2.11. The number of carbonyl (C=O) groups is 1. The molecular weight excluding hydrogens is 402 g/mol. The molecule has 0 saturated carbocycles. The quantitative estimate of drug-likeness (QED) is 0.418. The molecule has 3 aromatic carbocycles. The van der Waals surface area contributed by atoms with E-state index < -0.39 is 0 Å². The zero-order valence-corrected chi connectivity index (χ0v) is 17.0. The van der Waals surface area contributed by atoms with Crippen LogP contribution in [0.1, 0.15) is 5.89 Å². The second kappa shape index (κ2) is 9.32. The molecular formula is C22H19N3O4S. The van der Waals surface area contributed by atoms with E-state index in [9.17, 15) is 4.79 Å². The van der Waals surface area contributed by atoms with E-state index >= 15 is 0 Å². The summed E-state index contributed by atoms with van der Waals surface area (Å²) < 4.78 is 16.2. The number of amides is 1. The van der Waals surface area contributed by atoms with Crippen LogP contribution in [0.4, 0.5) is 5.69 Å². The Labute approximate surface area is 177 Å². The zero-order valence-electron chi connectivity index (χ0n) is 16.2. The highest BCUT2D eigenvalue weighted by atomic mass is 32.2. The topological polar surface area (TPSA) is 86.5 Å². The van der Waals surface area contributed by atoms with E-state index in [-0.39, 0.29) is 18.3 Å². The Morgan fingerprint density at radius 1 is 1.00 bits per heavy atom. The van der Waals surface area contributed by atoms with Crippen molar-refractivity contribution in [3.63, 3.8) is 0 Å². The van der Waals surface area contributed by atoms with Crippen molar-refractivity contribution >= 4 is 34.1 Å². The van der Waals surface area contributed by atoms with E-state index in [1.54, 1.807) is 31.4 Å². The van der Waals surface area contributed by atoms with Gasteiger partial charge in [0.05, 0.1) is 12.9 Å². The van der Waals surface area contributed by atoms with E-state index in [4.69, 9.17) is 13.9 Å². The summed E-state index contributed by atoms with van der Waals surface area (Å²) in [6, 6.07) is 21.0. The molecule has 1 aromatic heterocycles. The van der Waals surface area contributed by atoms with E-state index in [1.807, 2.05) is 42.5 Å². The molecule has 1 heterocycles. The van der Waals surface area contributed by atoms with Gasteiger partial charge in [0, 0.05) is 5.69 Å². The number of ether oxygens (including phenoxy) is 2. The van der Waals surface area contributed by atoms with Crippen molar-refractivity contribution in [2.75, 3.05) is 18.2 Å². The summed E-state index contributed by atoms with van der Waals surface area (Å²) in [7, 11) is 1.61. The van der Waals surface area contributed by atoms with Gasteiger partial charge in [-0.15, -0.1) is 10.2 Å². The van der Waals surface area contributed by atoms with Gasteiger partial charge < -0.3 is 19.2 Å². The minimum absolute atomic E-state index is 0.142. The number of carbonyl (C=O) groups excluding carboxylic acids is 1. The first-order chi connectivity index (χ1) is 14.7. The lowest BCUT2D eigenvalue weighted by Crippen LogP contribution is -2.13. The van der Waals surface area contributed by atoms with Crippen LogP contribution < -0.4 is 14.8 Å². The third-order valence-electron chi connectivity index (χ3n) is 4.23. The molecule has 30 heavy (non-hydrogen) atoms. The summed E-state index contributed by atoms with van der Waals surface area (Å²) in [5.74, 6) is 1.76. The summed E-state index contributed by atoms with van der Waals surface area (Å²) in [5, 5.41) is 13.3. The fraction of sp³-hybridized carbons (Fsp3) is 0.136. The van der Waals surface area contributed by atoms with Crippen LogP contribution >= 0.6 is 11.8 Å². The van der Waals surface area contributed by atoms with Crippen LogP contribution in [0.25, 0.3) is 10.8 Å². The number of aromatic nitrogens is 2. The molecule has 0 aliphatic rings. The second-order valence-corrected chi connectivity index (χ2v) is 7.25. The minimum Gasteiger partial charge on any atom is -0.497 e. The van der Waals surface area contributed by atoms with Crippen molar-refractivity contribution in [1.29, 1.82) is 0 Å². The molecule has 0 fully saturated rings. The standard InChI is InChI=1S/C22H19N3O4S/c1-27-18-8-10-19(11-9-18)28-13-21-24-25-22(29-21)30-14-20(26)23-17-7-6-15-4-2-3-5-16(15)12-17/h2-12H,13-14H2,1H3,(H,23,26). The van der Waals surface area contributed by atoms with Crippen LogP contribution in [0.15, 0.2) is 76.4 Å². The fourth-order valence-electron chi connectivity index (χ4n) is 2.76. The van der Waals surface area contributed by atoms with Crippen LogP contribution in [0.5, 0.6) is 11.5 Å². The monoisotopic (exact) mass is 421 g/mol. The number of hydrogen-bond donors (Lipinski definition) is 1. The zero-order chi connectivity index (χ0) is 20.8. The normalized spacial score (nSPS) is 10.7. The molecule has 7 nitrogen and oxygen atoms in total. The highest BCUT2D eigenvalue weighted by molar-refractivity contribution is 7.99. The van der Waals surface area contributed by atoms with E-state index in [0.717, 1.165) is 22.2 Å². The van der Waals surface area contributed by atoms with E-state index in [0.29, 0.717) is 16.9 Å². The predicted octanol–water partition coefficient (Wildman–Crippen LogP) is 4.54. The lowest BCUT2D eigenvalue weighted by Gasteiger charge is -2.05. The molecule has 4 aromatic rings. The molecule has 0 aliphatic carbocycles. The molecule has 0 bridgehead atoms. The minimum atomic E-state index is -0.149. The predicted molar refractivity (Wildman–Crippen MR) is 115 cm³/mol. The van der Waals surface area contributed by atoms with Gasteiger partial charge in [-0.2, -0.15) is 0 Å². The van der Waals surface area contributed by atoms with Crippen molar-refractivity contribution in [2.24, 2.45) is 0 Å². The number of benzene rings is 3. The van der Waals surface area contributed by atoms with Gasteiger partial charge in [-0.25, -0.2) is 0 Å². The molecule has 0 spiro atoms. The van der Waals surface area contributed by atoms with Crippen molar-refractivity contribution < 1.29 is 18.7 Å². The molecule has 8 heteroatoms. The number of thioether (sulfide) groups is 1. The molecule has 0 atom stereocenters. The second-order valence-electron chi connectivity index (χ2n) is 6.32. The van der Waals surface area contributed by atoms with E-state index in [1.165, 1.54) is 11.8 Å². The number of anilines is 1. The van der Waals surface area contributed by atoms with Gasteiger partial charge >= 0.3 is 0 Å². The number of nitrogens with zero attached hydrogens (tertiary/aromatic N) is 2. The lowest BCUT2D eigenvalue weighted by molar-refractivity contribution is -0.113. The SMILES string of the molecule is COc1ccc(OCc2nnc(SCC(=O)Nc3ccc4ccccc4c3)o2)cc1. The fourth-order valence-corrected chi connectivity index (χ4v) is 3.34. The maximum Gasteiger partial charge on any atom is 0.277 e. The van der Waals surface area contributed by atoms with Crippen molar-refractivity contribution in [2.45, 2.75) is 11.8 Å². The Kier molecular flexibility index (Phi) is 6.14. The van der Waals surface area contributed by atoms with Crippen LogP contribution in [0, 0.1) is 0 Å². The molecule has 1 N–H and O–H groups in total. The summed E-state index contributed by atoms with van der Waals surface area (Å²) in [4.78, 5) is 12.2. The van der Waals surface area contributed by atoms with Crippen molar-refractivity contribution in [1.82, 2.24) is 10.2 Å². The van der Waals surface area contributed by atoms with Gasteiger partial charge in [0.25, 0.3) is 11.1 Å². The Morgan fingerprint density at radius 2 is 1.77 bits per heavy atom. The highest BCUT2D eigenvalue weighted by Crippen LogP contribution is 2.21. The van der Waals surface area contributed by atoms with Crippen LogP contribution in [-0.2, 0) is 11.4 Å².